The van der Waals surface area contributed by atoms with Gasteiger partial charge in [-0.15, -0.1) is 0 Å². The summed E-state index contributed by atoms with van der Waals surface area (Å²) in [5.74, 6) is 0. The molecule has 1 aliphatic heterocycles. The fourth-order valence-corrected chi connectivity index (χ4v) is 2.83. The molecule has 0 amide bonds. The summed E-state index contributed by atoms with van der Waals surface area (Å²) in [6.07, 6.45) is 6.45. The highest BCUT2D eigenvalue weighted by atomic mass is 16.5. The topological polar surface area (TPSA) is 56.3 Å². The molecule has 0 aliphatic carbocycles. The third kappa shape index (κ3) is 3.35. The van der Waals surface area contributed by atoms with Gasteiger partial charge >= 0.3 is 0 Å². The highest BCUT2D eigenvalue weighted by Crippen LogP contribution is 2.29. The van der Waals surface area contributed by atoms with Gasteiger partial charge in [-0.3, -0.25) is 9.58 Å². The Kier molecular flexibility index (Phi) is 5.36. The Balaban J connectivity index is 2.18. The number of morpholine rings is 1. The van der Waals surface area contributed by atoms with Crippen LogP contribution in [0.15, 0.2) is 12.4 Å². The van der Waals surface area contributed by atoms with Crippen molar-refractivity contribution in [2.45, 2.75) is 45.4 Å². The van der Waals surface area contributed by atoms with E-state index in [1.807, 2.05) is 10.9 Å². The molecule has 0 bridgehead atoms. The van der Waals surface area contributed by atoms with Crippen molar-refractivity contribution >= 4 is 0 Å². The van der Waals surface area contributed by atoms with Crippen molar-refractivity contribution in [1.82, 2.24) is 14.7 Å². The Morgan fingerprint density at radius 1 is 1.37 bits per heavy atom. The van der Waals surface area contributed by atoms with E-state index in [4.69, 9.17) is 10.5 Å². The number of hydrogen-bond acceptors (Lipinski definition) is 4. The molecule has 2 N–H and O–H groups in total. The van der Waals surface area contributed by atoms with Gasteiger partial charge < -0.3 is 10.5 Å². The second kappa shape index (κ2) is 7.03. The van der Waals surface area contributed by atoms with Crippen LogP contribution >= 0.6 is 0 Å². The number of nitrogens with two attached hydrogens (primary N) is 1. The maximum atomic E-state index is 5.88. The molecule has 0 radical (unpaired) electrons. The molecule has 0 spiro atoms. The molecule has 1 aromatic heterocycles. The molecule has 1 saturated heterocycles. The summed E-state index contributed by atoms with van der Waals surface area (Å²) in [7, 11) is 0. The number of hydrogen-bond donors (Lipinski definition) is 1. The Labute approximate surface area is 115 Å². The Morgan fingerprint density at radius 3 is 2.84 bits per heavy atom. The van der Waals surface area contributed by atoms with Crippen LogP contribution < -0.4 is 5.73 Å². The number of ether oxygens (including phenoxy) is 1. The molecule has 2 unspecified atom stereocenters. The molecule has 0 saturated carbocycles. The van der Waals surface area contributed by atoms with E-state index in [1.165, 1.54) is 5.56 Å². The Morgan fingerprint density at radius 2 is 2.16 bits per heavy atom. The second-order valence-electron chi connectivity index (χ2n) is 5.16. The molecular weight excluding hydrogens is 240 g/mol. The van der Waals surface area contributed by atoms with Gasteiger partial charge in [-0.1, -0.05) is 13.8 Å². The monoisotopic (exact) mass is 266 g/mol. The van der Waals surface area contributed by atoms with Gasteiger partial charge in [0.1, 0.15) is 0 Å². The van der Waals surface area contributed by atoms with E-state index in [9.17, 15) is 0 Å². The highest BCUT2D eigenvalue weighted by Gasteiger charge is 2.33. The average Bonchev–Trinajstić information content (AvgIpc) is 2.87. The number of nitrogens with zero attached hydrogens (tertiary/aromatic N) is 3. The first-order valence-electron chi connectivity index (χ1n) is 7.38. The van der Waals surface area contributed by atoms with Crippen LogP contribution in [0.2, 0.25) is 0 Å². The molecule has 1 fully saturated rings. The molecule has 5 nitrogen and oxygen atoms in total. The lowest BCUT2D eigenvalue weighted by atomic mass is 10.0. The van der Waals surface area contributed by atoms with Gasteiger partial charge in [0.15, 0.2) is 0 Å². The summed E-state index contributed by atoms with van der Waals surface area (Å²) >= 11 is 0. The molecule has 1 aromatic rings. The predicted molar refractivity (Wildman–Crippen MR) is 75.9 cm³/mol. The van der Waals surface area contributed by atoms with E-state index in [0.29, 0.717) is 6.54 Å². The fourth-order valence-electron chi connectivity index (χ4n) is 2.83. The lowest BCUT2D eigenvalue weighted by Gasteiger charge is -2.40. The Bertz CT molecular complexity index is 377. The van der Waals surface area contributed by atoms with Gasteiger partial charge in [0.05, 0.1) is 24.9 Å². The van der Waals surface area contributed by atoms with Crippen LogP contribution in [-0.2, 0) is 11.3 Å². The third-order valence-electron chi connectivity index (χ3n) is 3.65. The van der Waals surface area contributed by atoms with Crippen molar-refractivity contribution in [1.29, 1.82) is 0 Å². The smallest absolute Gasteiger partial charge is 0.0895 e. The number of rotatable bonds is 6. The molecule has 0 aromatic carbocycles. The zero-order valence-electron chi connectivity index (χ0n) is 12.1. The van der Waals surface area contributed by atoms with Crippen LogP contribution in [0.1, 0.15) is 38.3 Å². The minimum absolute atomic E-state index is 0.0829. The number of aromatic nitrogens is 2. The van der Waals surface area contributed by atoms with E-state index < -0.39 is 0 Å². The van der Waals surface area contributed by atoms with Crippen LogP contribution in [0.5, 0.6) is 0 Å². The molecule has 1 aliphatic rings. The first-order chi connectivity index (χ1) is 9.30. The predicted octanol–water partition coefficient (Wildman–Crippen LogP) is 1.40. The van der Waals surface area contributed by atoms with Gasteiger partial charge in [0, 0.05) is 31.4 Å². The van der Waals surface area contributed by atoms with Crippen LogP contribution in [0.4, 0.5) is 0 Å². The van der Waals surface area contributed by atoms with Crippen molar-refractivity contribution in [2.24, 2.45) is 5.73 Å². The van der Waals surface area contributed by atoms with E-state index in [0.717, 1.165) is 39.1 Å². The minimum atomic E-state index is 0.0829. The van der Waals surface area contributed by atoms with Crippen LogP contribution in [0, 0.1) is 0 Å². The highest BCUT2D eigenvalue weighted by molar-refractivity contribution is 5.14. The zero-order chi connectivity index (χ0) is 13.7. The molecule has 5 heteroatoms. The molecule has 2 rings (SSSR count). The largest absolute Gasteiger partial charge is 0.374 e. The summed E-state index contributed by atoms with van der Waals surface area (Å²) in [5, 5.41) is 4.44. The van der Waals surface area contributed by atoms with Crippen molar-refractivity contribution < 1.29 is 4.74 Å². The van der Waals surface area contributed by atoms with Gasteiger partial charge in [-0.25, -0.2) is 0 Å². The summed E-state index contributed by atoms with van der Waals surface area (Å²) in [6, 6.07) is 0.254. The number of aryl methyl sites for hydroxylation is 1. The first kappa shape index (κ1) is 14.5. The van der Waals surface area contributed by atoms with Gasteiger partial charge in [0.25, 0.3) is 0 Å². The Hall–Kier alpha value is -0.910. The van der Waals surface area contributed by atoms with E-state index in [2.05, 4.69) is 30.0 Å². The summed E-state index contributed by atoms with van der Waals surface area (Å²) in [4.78, 5) is 2.48. The maximum Gasteiger partial charge on any atom is 0.0895 e. The van der Waals surface area contributed by atoms with Crippen LogP contribution in [-0.4, -0.2) is 47.0 Å². The SMILES string of the molecule is CCCN1CCOC(CN)C1c1cnn(CCC)c1. The van der Waals surface area contributed by atoms with Crippen molar-refractivity contribution in [3.05, 3.63) is 18.0 Å². The van der Waals surface area contributed by atoms with Crippen LogP contribution in [0.25, 0.3) is 0 Å². The van der Waals surface area contributed by atoms with Crippen molar-refractivity contribution in [2.75, 3.05) is 26.2 Å². The third-order valence-corrected chi connectivity index (χ3v) is 3.65. The van der Waals surface area contributed by atoms with Crippen LogP contribution in [0.3, 0.4) is 0 Å². The minimum Gasteiger partial charge on any atom is -0.374 e. The lowest BCUT2D eigenvalue weighted by Crippen LogP contribution is -2.48. The molecule has 2 atom stereocenters. The first-order valence-corrected chi connectivity index (χ1v) is 7.38. The van der Waals surface area contributed by atoms with Gasteiger partial charge in [0.2, 0.25) is 0 Å². The molecule has 19 heavy (non-hydrogen) atoms. The summed E-state index contributed by atoms with van der Waals surface area (Å²) in [5.41, 5.74) is 7.11. The van der Waals surface area contributed by atoms with Crippen molar-refractivity contribution in [3.63, 3.8) is 0 Å². The average molecular weight is 266 g/mol. The second-order valence-corrected chi connectivity index (χ2v) is 5.16. The standard InChI is InChI=1S/C14H26N4O/c1-3-5-17-7-8-19-13(9-15)14(17)12-10-16-18(11-12)6-4-2/h10-11,13-14H,3-9,15H2,1-2H3. The summed E-state index contributed by atoms with van der Waals surface area (Å²) < 4.78 is 7.85. The van der Waals surface area contributed by atoms with Crippen molar-refractivity contribution in [3.8, 4) is 0 Å². The van der Waals surface area contributed by atoms with E-state index >= 15 is 0 Å². The zero-order valence-corrected chi connectivity index (χ0v) is 12.1. The normalized spacial score (nSPS) is 24.8. The van der Waals surface area contributed by atoms with E-state index in [1.54, 1.807) is 0 Å². The fraction of sp³-hybridized carbons (Fsp3) is 0.786. The lowest BCUT2D eigenvalue weighted by molar-refractivity contribution is -0.0676. The van der Waals surface area contributed by atoms with Gasteiger partial charge in [-0.2, -0.15) is 5.10 Å². The van der Waals surface area contributed by atoms with Gasteiger partial charge in [-0.05, 0) is 19.4 Å². The van der Waals surface area contributed by atoms with E-state index in [-0.39, 0.29) is 12.1 Å². The maximum absolute atomic E-state index is 5.88. The molecule has 2 heterocycles. The summed E-state index contributed by atoms with van der Waals surface area (Å²) in [6.45, 7) is 8.75. The molecular formula is C14H26N4O. The molecule has 108 valence electrons. The quantitative estimate of drug-likeness (QED) is 0.845.